The predicted molar refractivity (Wildman–Crippen MR) is 97.0 cm³/mol. The fourth-order valence-electron chi connectivity index (χ4n) is 3.86. The zero-order valence-electron chi connectivity index (χ0n) is 15.7. The number of ketones is 2. The van der Waals surface area contributed by atoms with E-state index in [1.54, 1.807) is 0 Å². The molecule has 2 aliphatic carbocycles. The lowest BCUT2D eigenvalue weighted by Crippen LogP contribution is -2.52. The van der Waals surface area contributed by atoms with Crippen LogP contribution >= 0.6 is 0 Å². The van der Waals surface area contributed by atoms with E-state index < -0.39 is 17.3 Å². The van der Waals surface area contributed by atoms with Crippen molar-refractivity contribution >= 4 is 17.5 Å². The minimum absolute atomic E-state index is 0.136. The molecule has 0 aromatic heterocycles. The molecule has 0 radical (unpaired) electrons. The van der Waals surface area contributed by atoms with Gasteiger partial charge in [0.25, 0.3) is 0 Å². The van der Waals surface area contributed by atoms with Gasteiger partial charge in [0.15, 0.2) is 11.6 Å². The van der Waals surface area contributed by atoms with E-state index in [0.717, 1.165) is 30.4 Å². The predicted octanol–water partition coefficient (Wildman–Crippen LogP) is 4.33. The summed E-state index contributed by atoms with van der Waals surface area (Å²) in [5.41, 5.74) is 0.780. The van der Waals surface area contributed by atoms with Crippen LogP contribution in [0.1, 0.15) is 72.1 Å². The number of unbranched alkanes of at least 4 members (excludes halogenated alkanes) is 5. The second-order valence-corrected chi connectivity index (χ2v) is 7.47. The standard InChI is InChI=1S/C21H30O4/c1-4-5-6-7-8-9-12-25-20(24)21-14-16(3)15(2)13-17(21)18(22)10-11-19(21)23/h10-11,17H,4-9,12-14H2,1-3H3/t17?,21-/m0/s1. The molecular weight excluding hydrogens is 316 g/mol. The van der Waals surface area contributed by atoms with Crippen LogP contribution in [0.5, 0.6) is 0 Å². The molecule has 25 heavy (non-hydrogen) atoms. The van der Waals surface area contributed by atoms with Crippen LogP contribution in [-0.2, 0) is 19.1 Å². The minimum Gasteiger partial charge on any atom is -0.465 e. The molecule has 0 saturated carbocycles. The molecule has 4 heteroatoms. The first kappa shape index (κ1) is 19.6. The molecule has 2 aliphatic rings. The lowest BCUT2D eigenvalue weighted by Gasteiger charge is -2.41. The molecule has 0 bridgehead atoms. The normalized spacial score (nSPS) is 26.0. The third-order valence-corrected chi connectivity index (χ3v) is 5.66. The number of carbonyl (C=O) groups is 3. The average molecular weight is 346 g/mol. The maximum Gasteiger partial charge on any atom is 0.321 e. The molecular formula is C21H30O4. The summed E-state index contributed by atoms with van der Waals surface area (Å²) in [6.45, 7) is 6.41. The molecule has 0 saturated heterocycles. The molecule has 2 atom stereocenters. The van der Waals surface area contributed by atoms with E-state index in [4.69, 9.17) is 4.74 Å². The molecule has 1 unspecified atom stereocenters. The molecule has 2 rings (SSSR count). The zero-order chi connectivity index (χ0) is 18.4. The van der Waals surface area contributed by atoms with Crippen LogP contribution < -0.4 is 0 Å². The molecule has 0 aromatic carbocycles. The summed E-state index contributed by atoms with van der Waals surface area (Å²) in [5, 5.41) is 0. The third-order valence-electron chi connectivity index (χ3n) is 5.66. The monoisotopic (exact) mass is 346 g/mol. The molecule has 0 aliphatic heterocycles. The Bertz CT molecular complexity index is 599. The third kappa shape index (κ3) is 4.10. The molecule has 4 nitrogen and oxygen atoms in total. The van der Waals surface area contributed by atoms with Gasteiger partial charge in [-0.2, -0.15) is 0 Å². The highest BCUT2D eigenvalue weighted by atomic mass is 16.5. The van der Waals surface area contributed by atoms with E-state index in [-0.39, 0.29) is 11.6 Å². The number of esters is 1. The van der Waals surface area contributed by atoms with Crippen LogP contribution in [0.25, 0.3) is 0 Å². The minimum atomic E-state index is -1.34. The van der Waals surface area contributed by atoms with Crippen LogP contribution in [0.2, 0.25) is 0 Å². The van der Waals surface area contributed by atoms with E-state index in [0.29, 0.717) is 19.4 Å². The van der Waals surface area contributed by atoms with Gasteiger partial charge in [0, 0.05) is 5.92 Å². The van der Waals surface area contributed by atoms with Gasteiger partial charge in [-0.25, -0.2) is 0 Å². The Kier molecular flexibility index (Phi) is 6.74. The van der Waals surface area contributed by atoms with Crippen molar-refractivity contribution in [2.24, 2.45) is 11.3 Å². The number of ether oxygens (including phenoxy) is 1. The highest BCUT2D eigenvalue weighted by Crippen LogP contribution is 2.48. The lowest BCUT2D eigenvalue weighted by atomic mass is 9.59. The fourth-order valence-corrected chi connectivity index (χ4v) is 3.86. The van der Waals surface area contributed by atoms with Gasteiger partial charge in [-0.1, -0.05) is 50.2 Å². The highest BCUT2D eigenvalue weighted by Gasteiger charge is 2.57. The first-order valence-electron chi connectivity index (χ1n) is 9.52. The molecule has 0 N–H and O–H groups in total. The summed E-state index contributed by atoms with van der Waals surface area (Å²) in [4.78, 5) is 37.8. The zero-order valence-corrected chi connectivity index (χ0v) is 15.7. The van der Waals surface area contributed by atoms with Gasteiger partial charge < -0.3 is 4.74 Å². The van der Waals surface area contributed by atoms with Crippen molar-refractivity contribution in [2.45, 2.75) is 72.1 Å². The quantitative estimate of drug-likeness (QED) is 0.284. The summed E-state index contributed by atoms with van der Waals surface area (Å²) in [7, 11) is 0. The van der Waals surface area contributed by atoms with E-state index in [2.05, 4.69) is 6.92 Å². The van der Waals surface area contributed by atoms with Crippen molar-refractivity contribution in [2.75, 3.05) is 6.61 Å². The first-order chi connectivity index (χ1) is 11.9. The topological polar surface area (TPSA) is 60.4 Å². The van der Waals surface area contributed by atoms with Crippen molar-refractivity contribution in [3.63, 3.8) is 0 Å². The molecule has 0 spiro atoms. The van der Waals surface area contributed by atoms with Crippen LogP contribution in [0, 0.1) is 11.3 Å². The number of hydrogen-bond acceptors (Lipinski definition) is 4. The summed E-state index contributed by atoms with van der Waals surface area (Å²) in [5.74, 6) is -1.54. The van der Waals surface area contributed by atoms with Crippen LogP contribution in [0.4, 0.5) is 0 Å². The van der Waals surface area contributed by atoms with Gasteiger partial charge in [0.05, 0.1) is 6.61 Å². The van der Waals surface area contributed by atoms with Crippen LogP contribution in [0.15, 0.2) is 23.3 Å². The highest BCUT2D eigenvalue weighted by molar-refractivity contribution is 6.18. The fraction of sp³-hybridized carbons (Fsp3) is 0.667. The van der Waals surface area contributed by atoms with Gasteiger partial charge in [0.1, 0.15) is 5.41 Å². The Labute approximate surface area is 150 Å². The number of fused-ring (bicyclic) bond motifs is 1. The maximum absolute atomic E-state index is 12.8. The molecule has 0 fully saturated rings. The molecule has 0 aromatic rings. The lowest BCUT2D eigenvalue weighted by molar-refractivity contribution is -0.166. The van der Waals surface area contributed by atoms with Gasteiger partial charge >= 0.3 is 5.97 Å². The Hall–Kier alpha value is -1.71. The number of allylic oxidation sites excluding steroid dienone is 4. The van der Waals surface area contributed by atoms with Crippen molar-refractivity contribution < 1.29 is 19.1 Å². The number of hydrogen-bond donors (Lipinski definition) is 0. The van der Waals surface area contributed by atoms with Crippen molar-refractivity contribution in [1.82, 2.24) is 0 Å². The maximum atomic E-state index is 12.8. The second-order valence-electron chi connectivity index (χ2n) is 7.47. The van der Waals surface area contributed by atoms with E-state index in [1.165, 1.54) is 31.4 Å². The largest absolute Gasteiger partial charge is 0.465 e. The number of carbonyl (C=O) groups excluding carboxylic acids is 3. The van der Waals surface area contributed by atoms with E-state index in [1.807, 2.05) is 13.8 Å². The van der Waals surface area contributed by atoms with Crippen molar-refractivity contribution in [3.05, 3.63) is 23.3 Å². The molecule has 0 heterocycles. The van der Waals surface area contributed by atoms with E-state index >= 15 is 0 Å². The second kappa shape index (κ2) is 8.59. The summed E-state index contributed by atoms with van der Waals surface area (Å²) < 4.78 is 5.48. The summed E-state index contributed by atoms with van der Waals surface area (Å²) in [6, 6.07) is 0. The van der Waals surface area contributed by atoms with Gasteiger partial charge in [0.2, 0.25) is 0 Å². The number of rotatable bonds is 8. The van der Waals surface area contributed by atoms with Crippen LogP contribution in [0.3, 0.4) is 0 Å². The Balaban J connectivity index is 2.02. The van der Waals surface area contributed by atoms with Gasteiger partial charge in [-0.05, 0) is 45.3 Å². The first-order valence-corrected chi connectivity index (χ1v) is 9.52. The Morgan fingerprint density at radius 2 is 1.76 bits per heavy atom. The SMILES string of the molecule is CCCCCCCCOC(=O)[C@@]12CC(C)=C(C)CC1C(=O)C=CC2=O. The average Bonchev–Trinajstić information content (AvgIpc) is 2.59. The van der Waals surface area contributed by atoms with Gasteiger partial charge in [-0.15, -0.1) is 0 Å². The molecule has 138 valence electrons. The van der Waals surface area contributed by atoms with Crippen molar-refractivity contribution in [1.29, 1.82) is 0 Å². The summed E-state index contributed by atoms with van der Waals surface area (Å²) in [6.07, 6.45) is 9.96. The molecule has 0 amide bonds. The van der Waals surface area contributed by atoms with Crippen molar-refractivity contribution in [3.8, 4) is 0 Å². The summed E-state index contributed by atoms with van der Waals surface area (Å²) >= 11 is 0. The Morgan fingerprint density at radius 3 is 2.48 bits per heavy atom. The van der Waals surface area contributed by atoms with Gasteiger partial charge in [-0.3, -0.25) is 14.4 Å². The Morgan fingerprint density at radius 1 is 1.08 bits per heavy atom. The smallest absolute Gasteiger partial charge is 0.321 e. The van der Waals surface area contributed by atoms with E-state index in [9.17, 15) is 14.4 Å². The van der Waals surface area contributed by atoms with Crippen LogP contribution in [-0.4, -0.2) is 24.1 Å².